The predicted molar refractivity (Wildman–Crippen MR) is 124 cm³/mol. The zero-order valence-corrected chi connectivity index (χ0v) is 19.9. The smallest absolute Gasteiger partial charge is 0.263 e. The van der Waals surface area contributed by atoms with Crippen LogP contribution in [-0.2, 0) is 9.59 Å². The number of carbonyl (C=O) groups is 2. The molecule has 11 heteroatoms. The molecule has 0 radical (unpaired) electrons. The third kappa shape index (κ3) is 6.36. The summed E-state index contributed by atoms with van der Waals surface area (Å²) in [7, 11) is 0. The van der Waals surface area contributed by atoms with E-state index in [0.717, 1.165) is 22.3 Å². The third-order valence-electron chi connectivity index (χ3n) is 4.56. The lowest BCUT2D eigenvalue weighted by molar-refractivity contribution is -0.119. The van der Waals surface area contributed by atoms with Crippen molar-refractivity contribution in [2.45, 2.75) is 27.7 Å². The van der Waals surface area contributed by atoms with E-state index in [0.29, 0.717) is 21.5 Å². The van der Waals surface area contributed by atoms with Crippen LogP contribution < -0.4 is 20.1 Å². The topological polar surface area (TPSA) is 116 Å². The second-order valence-electron chi connectivity index (χ2n) is 7.38. The normalized spacial score (nSPS) is 10.6. The van der Waals surface area contributed by atoms with Gasteiger partial charge in [-0.3, -0.25) is 9.59 Å². The minimum Gasteiger partial charge on any atom is -0.484 e. The van der Waals surface area contributed by atoms with E-state index >= 15 is 0 Å². The van der Waals surface area contributed by atoms with E-state index in [9.17, 15) is 9.59 Å². The van der Waals surface area contributed by atoms with Gasteiger partial charge >= 0.3 is 0 Å². The molecule has 0 saturated heterocycles. The second kappa shape index (κ2) is 10.5. The summed E-state index contributed by atoms with van der Waals surface area (Å²) in [4.78, 5) is 24.5. The Bertz CT molecular complexity index is 1060. The van der Waals surface area contributed by atoms with E-state index in [4.69, 9.17) is 32.7 Å². The number of benzene rings is 2. The molecular formula is C22H22Cl2N4O5. The number of ether oxygens (including phenoxy) is 2. The van der Waals surface area contributed by atoms with Gasteiger partial charge in [-0.25, -0.2) is 4.63 Å². The molecule has 3 rings (SSSR count). The highest BCUT2D eigenvalue weighted by molar-refractivity contribution is 6.32. The fraction of sp³-hybridized carbons (Fsp3) is 0.273. The van der Waals surface area contributed by atoms with E-state index in [1.165, 1.54) is 0 Å². The van der Waals surface area contributed by atoms with Crippen LogP contribution >= 0.6 is 23.2 Å². The average Bonchev–Trinajstić information content (AvgIpc) is 3.18. The van der Waals surface area contributed by atoms with Gasteiger partial charge in [0.2, 0.25) is 11.6 Å². The summed E-state index contributed by atoms with van der Waals surface area (Å²) >= 11 is 12.3. The van der Waals surface area contributed by atoms with Gasteiger partial charge < -0.3 is 20.1 Å². The molecule has 0 saturated carbocycles. The quantitative estimate of drug-likeness (QED) is 0.470. The van der Waals surface area contributed by atoms with Crippen LogP contribution in [0.25, 0.3) is 0 Å². The molecule has 1 heterocycles. The summed E-state index contributed by atoms with van der Waals surface area (Å²) in [6.07, 6.45) is 0. The van der Waals surface area contributed by atoms with Crippen molar-refractivity contribution in [3.8, 4) is 11.5 Å². The molecule has 9 nitrogen and oxygen atoms in total. The number of aromatic nitrogens is 2. The molecule has 0 fully saturated rings. The third-order valence-corrected chi connectivity index (χ3v) is 5.76. The molecular weight excluding hydrogens is 471 g/mol. The number of nitrogens with zero attached hydrogens (tertiary/aromatic N) is 2. The van der Waals surface area contributed by atoms with E-state index < -0.39 is 11.8 Å². The van der Waals surface area contributed by atoms with Crippen molar-refractivity contribution in [3.63, 3.8) is 0 Å². The molecule has 0 aliphatic rings. The van der Waals surface area contributed by atoms with Crippen molar-refractivity contribution in [2.24, 2.45) is 0 Å². The molecule has 0 aliphatic heterocycles. The summed E-state index contributed by atoms with van der Waals surface area (Å²) in [5, 5.41) is 13.4. The maximum atomic E-state index is 12.2. The van der Waals surface area contributed by atoms with E-state index in [1.54, 1.807) is 24.3 Å². The summed E-state index contributed by atoms with van der Waals surface area (Å²) in [6, 6.07) is 6.93. The first kappa shape index (κ1) is 24.3. The van der Waals surface area contributed by atoms with Crippen LogP contribution in [0.5, 0.6) is 11.5 Å². The van der Waals surface area contributed by atoms with Crippen LogP contribution in [0.2, 0.25) is 10.0 Å². The maximum Gasteiger partial charge on any atom is 0.263 e. The van der Waals surface area contributed by atoms with Gasteiger partial charge in [0.15, 0.2) is 13.2 Å². The number of aryl methyl sites for hydroxylation is 4. The number of halogens is 2. The molecule has 174 valence electrons. The zero-order valence-electron chi connectivity index (χ0n) is 18.4. The standard InChI is InChI=1S/C22H22Cl2N4O5/c1-11-5-15(6-12(2)19(11)23)31-9-17(29)25-21-22(28-33-27-21)26-18(30)10-32-16-7-13(3)20(24)14(4)8-16/h5-8H,9-10H2,1-4H3,(H,25,27,29)(H,26,28,30). The van der Waals surface area contributed by atoms with Crippen molar-refractivity contribution < 1.29 is 23.7 Å². The van der Waals surface area contributed by atoms with E-state index in [2.05, 4.69) is 25.6 Å². The molecule has 33 heavy (non-hydrogen) atoms. The minimum absolute atomic E-state index is 0.0569. The Morgan fingerprint density at radius 1 is 0.758 bits per heavy atom. The molecule has 0 aliphatic carbocycles. The number of anilines is 2. The monoisotopic (exact) mass is 492 g/mol. The van der Waals surface area contributed by atoms with Crippen LogP contribution in [0.3, 0.4) is 0 Å². The van der Waals surface area contributed by atoms with E-state index in [-0.39, 0.29) is 24.8 Å². The molecule has 2 N–H and O–H groups in total. The highest BCUT2D eigenvalue weighted by atomic mass is 35.5. The SMILES string of the molecule is Cc1cc(OCC(=O)Nc2nonc2NC(=O)COc2cc(C)c(Cl)c(C)c2)cc(C)c1Cl. The van der Waals surface area contributed by atoms with Crippen molar-refractivity contribution in [1.29, 1.82) is 0 Å². The molecule has 1 aromatic heterocycles. The van der Waals surface area contributed by atoms with Gasteiger partial charge in [-0.1, -0.05) is 23.2 Å². The Morgan fingerprint density at radius 3 is 1.42 bits per heavy atom. The van der Waals surface area contributed by atoms with Gasteiger partial charge in [0.1, 0.15) is 11.5 Å². The Morgan fingerprint density at radius 2 is 1.09 bits per heavy atom. The number of carbonyl (C=O) groups excluding carboxylic acids is 2. The van der Waals surface area contributed by atoms with Crippen molar-refractivity contribution in [3.05, 3.63) is 56.6 Å². The minimum atomic E-state index is -0.519. The Balaban J connectivity index is 1.53. The lowest BCUT2D eigenvalue weighted by Crippen LogP contribution is -2.24. The Hall–Kier alpha value is -3.30. The zero-order chi connectivity index (χ0) is 24.1. The molecule has 0 unspecified atom stereocenters. The summed E-state index contributed by atoms with van der Waals surface area (Å²) in [6.45, 7) is 6.79. The van der Waals surface area contributed by atoms with Crippen LogP contribution in [0.15, 0.2) is 28.9 Å². The highest BCUT2D eigenvalue weighted by Crippen LogP contribution is 2.27. The van der Waals surface area contributed by atoms with Crippen molar-refractivity contribution in [2.75, 3.05) is 23.8 Å². The lowest BCUT2D eigenvalue weighted by Gasteiger charge is -2.10. The molecule has 0 spiro atoms. The van der Waals surface area contributed by atoms with Crippen LogP contribution in [0.4, 0.5) is 11.6 Å². The fourth-order valence-electron chi connectivity index (χ4n) is 2.97. The largest absolute Gasteiger partial charge is 0.484 e. The Kier molecular flexibility index (Phi) is 7.78. The van der Waals surface area contributed by atoms with Gasteiger partial charge in [0.05, 0.1) is 0 Å². The van der Waals surface area contributed by atoms with Crippen LogP contribution in [-0.4, -0.2) is 35.3 Å². The van der Waals surface area contributed by atoms with Gasteiger partial charge in [-0.15, -0.1) is 0 Å². The second-order valence-corrected chi connectivity index (χ2v) is 8.13. The van der Waals surface area contributed by atoms with Crippen molar-refractivity contribution >= 4 is 46.7 Å². The first-order valence-electron chi connectivity index (χ1n) is 9.85. The number of amides is 2. The molecule has 3 aromatic rings. The summed E-state index contributed by atoms with van der Waals surface area (Å²) < 4.78 is 15.6. The number of rotatable bonds is 8. The number of hydrogen-bond acceptors (Lipinski definition) is 7. The van der Waals surface area contributed by atoms with Gasteiger partial charge in [-0.05, 0) is 84.5 Å². The van der Waals surface area contributed by atoms with E-state index in [1.807, 2.05) is 27.7 Å². The predicted octanol–water partition coefficient (Wildman–Crippen LogP) is 4.65. The Labute approximate surface area is 200 Å². The summed E-state index contributed by atoms with van der Waals surface area (Å²) in [5.74, 6) is -0.149. The van der Waals surface area contributed by atoms with Gasteiger partial charge in [0, 0.05) is 10.0 Å². The van der Waals surface area contributed by atoms with Gasteiger partial charge in [0.25, 0.3) is 11.8 Å². The summed E-state index contributed by atoms with van der Waals surface area (Å²) in [5.41, 5.74) is 3.35. The first-order valence-corrected chi connectivity index (χ1v) is 10.6. The molecule has 0 atom stereocenters. The molecule has 0 bridgehead atoms. The lowest BCUT2D eigenvalue weighted by atomic mass is 10.1. The number of nitrogens with one attached hydrogen (secondary N) is 2. The van der Waals surface area contributed by atoms with Crippen LogP contribution in [0, 0.1) is 27.7 Å². The van der Waals surface area contributed by atoms with Crippen LogP contribution in [0.1, 0.15) is 22.3 Å². The highest BCUT2D eigenvalue weighted by Gasteiger charge is 2.17. The number of hydrogen-bond donors (Lipinski definition) is 2. The maximum absolute atomic E-state index is 12.2. The molecule has 2 aromatic carbocycles. The first-order chi connectivity index (χ1) is 15.6. The van der Waals surface area contributed by atoms with Crippen molar-refractivity contribution in [1.82, 2.24) is 10.3 Å². The average molecular weight is 493 g/mol. The molecule has 2 amide bonds. The van der Waals surface area contributed by atoms with Gasteiger partial charge in [-0.2, -0.15) is 0 Å². The fourth-order valence-corrected chi connectivity index (χ4v) is 3.18.